The zero-order valence-electron chi connectivity index (χ0n) is 8.05. The van der Waals surface area contributed by atoms with Gasteiger partial charge < -0.3 is 0 Å². The van der Waals surface area contributed by atoms with Crippen LogP contribution in [0.25, 0.3) is 11.4 Å². The third-order valence-corrected chi connectivity index (χ3v) is 2.57. The molecule has 15 heavy (non-hydrogen) atoms. The van der Waals surface area contributed by atoms with Gasteiger partial charge in [-0.1, -0.05) is 17.8 Å². The molecular weight excluding hydrogens is 208 g/mol. The second-order valence-electron chi connectivity index (χ2n) is 2.81. The smallest absolute Gasteiger partial charge is 0.209 e. The van der Waals surface area contributed by atoms with E-state index in [1.165, 1.54) is 0 Å². The number of aromatic amines is 1. The number of hydrogen-bond donors (Lipinski definition) is 1. The Hall–Kier alpha value is -1.62. The summed E-state index contributed by atoms with van der Waals surface area (Å²) in [6, 6.07) is 3.81. The molecule has 0 aliphatic carbocycles. The molecule has 0 fully saturated rings. The van der Waals surface area contributed by atoms with Crippen LogP contribution in [-0.4, -0.2) is 25.9 Å². The van der Waals surface area contributed by atoms with Gasteiger partial charge in [0.25, 0.3) is 0 Å². The van der Waals surface area contributed by atoms with E-state index in [1.807, 2.05) is 18.2 Å². The van der Waals surface area contributed by atoms with Gasteiger partial charge in [0.15, 0.2) is 5.82 Å². The van der Waals surface area contributed by atoms with Crippen molar-refractivity contribution in [2.45, 2.75) is 5.16 Å². The fraction of sp³-hybridized carbons (Fsp3) is 0.100. The minimum atomic E-state index is 0.730. The van der Waals surface area contributed by atoms with E-state index in [0.717, 1.165) is 22.3 Å². The number of aromatic nitrogens is 4. The Bertz CT molecular complexity index is 438. The topological polar surface area (TPSA) is 54.5 Å². The van der Waals surface area contributed by atoms with Gasteiger partial charge in [0.2, 0.25) is 5.16 Å². The van der Waals surface area contributed by atoms with Gasteiger partial charge in [0, 0.05) is 23.7 Å². The summed E-state index contributed by atoms with van der Waals surface area (Å²) in [5.74, 6) is 1.55. The summed E-state index contributed by atoms with van der Waals surface area (Å²) >= 11 is 1.54. The quantitative estimate of drug-likeness (QED) is 0.631. The van der Waals surface area contributed by atoms with Crippen molar-refractivity contribution < 1.29 is 0 Å². The molecule has 0 bridgehead atoms. The summed E-state index contributed by atoms with van der Waals surface area (Å²) in [7, 11) is 0. The first-order valence-corrected chi connectivity index (χ1v) is 5.45. The Labute approximate surface area is 91.9 Å². The van der Waals surface area contributed by atoms with E-state index < -0.39 is 0 Å². The molecule has 0 saturated carbocycles. The second-order valence-corrected chi connectivity index (χ2v) is 3.80. The molecular formula is C10H10N4S. The third kappa shape index (κ3) is 2.44. The molecule has 0 atom stereocenters. The predicted molar refractivity (Wildman–Crippen MR) is 60.5 cm³/mol. The van der Waals surface area contributed by atoms with Crippen LogP contribution in [0.4, 0.5) is 0 Å². The minimum absolute atomic E-state index is 0.730. The lowest BCUT2D eigenvalue weighted by atomic mass is 10.3. The Morgan fingerprint density at radius 2 is 2.47 bits per heavy atom. The number of H-pyrrole nitrogens is 1. The molecule has 0 unspecified atom stereocenters. The van der Waals surface area contributed by atoms with Crippen LogP contribution in [0.15, 0.2) is 42.3 Å². The Kier molecular flexibility index (Phi) is 3.14. The lowest BCUT2D eigenvalue weighted by Gasteiger charge is -1.91. The lowest BCUT2D eigenvalue weighted by Crippen LogP contribution is -1.81. The Balaban J connectivity index is 2.17. The van der Waals surface area contributed by atoms with Crippen LogP contribution >= 0.6 is 11.8 Å². The second kappa shape index (κ2) is 4.75. The highest BCUT2D eigenvalue weighted by atomic mass is 32.2. The van der Waals surface area contributed by atoms with Gasteiger partial charge in [-0.15, -0.1) is 11.7 Å². The summed E-state index contributed by atoms with van der Waals surface area (Å²) in [4.78, 5) is 8.35. The first-order valence-electron chi connectivity index (χ1n) is 4.46. The molecule has 0 aromatic carbocycles. The minimum Gasteiger partial charge on any atom is -0.264 e. The molecule has 4 nitrogen and oxygen atoms in total. The summed E-state index contributed by atoms with van der Waals surface area (Å²) in [6.07, 6.45) is 5.31. The summed E-state index contributed by atoms with van der Waals surface area (Å²) in [5.41, 5.74) is 0.940. The van der Waals surface area contributed by atoms with Crippen LogP contribution in [-0.2, 0) is 0 Å². The summed E-state index contributed by atoms with van der Waals surface area (Å²) < 4.78 is 0. The highest BCUT2D eigenvalue weighted by molar-refractivity contribution is 7.99. The zero-order chi connectivity index (χ0) is 10.5. The molecule has 5 heteroatoms. The molecule has 0 radical (unpaired) electrons. The molecule has 0 aliphatic heterocycles. The summed E-state index contributed by atoms with van der Waals surface area (Å²) in [6.45, 7) is 3.64. The molecule has 0 spiro atoms. The lowest BCUT2D eigenvalue weighted by molar-refractivity contribution is 0.975. The first-order chi connectivity index (χ1) is 7.40. The van der Waals surface area contributed by atoms with Gasteiger partial charge in [0.1, 0.15) is 0 Å². The average molecular weight is 218 g/mol. The fourth-order valence-electron chi connectivity index (χ4n) is 1.08. The number of hydrogen-bond acceptors (Lipinski definition) is 4. The number of nitrogens with zero attached hydrogens (tertiary/aromatic N) is 3. The molecule has 2 rings (SSSR count). The molecule has 2 heterocycles. The van der Waals surface area contributed by atoms with E-state index in [1.54, 1.807) is 24.2 Å². The van der Waals surface area contributed by atoms with Crippen molar-refractivity contribution in [3.63, 3.8) is 0 Å². The molecule has 0 saturated heterocycles. The van der Waals surface area contributed by atoms with E-state index >= 15 is 0 Å². The maximum Gasteiger partial charge on any atom is 0.209 e. The van der Waals surface area contributed by atoms with Crippen LogP contribution in [0.1, 0.15) is 0 Å². The van der Waals surface area contributed by atoms with E-state index in [0.29, 0.717) is 0 Å². The van der Waals surface area contributed by atoms with Crippen LogP contribution in [0.3, 0.4) is 0 Å². The molecule has 0 amide bonds. The van der Waals surface area contributed by atoms with Gasteiger partial charge >= 0.3 is 0 Å². The van der Waals surface area contributed by atoms with Crippen LogP contribution < -0.4 is 0 Å². The van der Waals surface area contributed by atoms with E-state index in [9.17, 15) is 0 Å². The maximum absolute atomic E-state index is 4.33. The third-order valence-electron chi connectivity index (χ3n) is 1.73. The van der Waals surface area contributed by atoms with Crippen molar-refractivity contribution >= 4 is 11.8 Å². The van der Waals surface area contributed by atoms with Crippen LogP contribution in [0.2, 0.25) is 0 Å². The number of thioether (sulfide) groups is 1. The van der Waals surface area contributed by atoms with E-state index in [-0.39, 0.29) is 0 Å². The predicted octanol–water partition coefficient (Wildman–Crippen LogP) is 2.14. The highest BCUT2D eigenvalue weighted by Gasteiger charge is 2.04. The molecule has 1 N–H and O–H groups in total. The van der Waals surface area contributed by atoms with Gasteiger partial charge in [-0.25, -0.2) is 4.98 Å². The standard InChI is InChI=1S/C10H10N4S/c1-2-6-15-10-12-9(13-14-10)8-4-3-5-11-7-8/h2-5,7H,1,6H2,(H,12,13,14). The fourth-order valence-corrected chi connectivity index (χ4v) is 1.61. The molecule has 76 valence electrons. The van der Waals surface area contributed by atoms with Crippen molar-refractivity contribution in [3.8, 4) is 11.4 Å². The van der Waals surface area contributed by atoms with Crippen molar-refractivity contribution in [1.29, 1.82) is 0 Å². The van der Waals surface area contributed by atoms with Crippen molar-refractivity contribution in [1.82, 2.24) is 20.2 Å². The van der Waals surface area contributed by atoms with E-state index in [4.69, 9.17) is 0 Å². The van der Waals surface area contributed by atoms with Crippen molar-refractivity contribution in [3.05, 3.63) is 37.2 Å². The van der Waals surface area contributed by atoms with Crippen molar-refractivity contribution in [2.75, 3.05) is 5.75 Å². The molecule has 0 aliphatic rings. The summed E-state index contributed by atoms with van der Waals surface area (Å²) in [5, 5.41) is 7.69. The van der Waals surface area contributed by atoms with Gasteiger partial charge in [-0.3, -0.25) is 10.1 Å². The highest BCUT2D eigenvalue weighted by Crippen LogP contribution is 2.17. The van der Waals surface area contributed by atoms with Crippen molar-refractivity contribution in [2.24, 2.45) is 0 Å². The monoisotopic (exact) mass is 218 g/mol. The molecule has 2 aromatic heterocycles. The Morgan fingerprint density at radius 1 is 1.53 bits per heavy atom. The zero-order valence-corrected chi connectivity index (χ0v) is 8.87. The number of nitrogens with one attached hydrogen (secondary N) is 1. The van der Waals surface area contributed by atoms with Gasteiger partial charge in [0.05, 0.1) is 0 Å². The Morgan fingerprint density at radius 3 is 3.20 bits per heavy atom. The number of rotatable bonds is 4. The SMILES string of the molecule is C=CCSc1n[nH]c(-c2cccnc2)n1. The first kappa shape index (κ1) is 9.92. The van der Waals surface area contributed by atoms with Crippen LogP contribution in [0.5, 0.6) is 0 Å². The average Bonchev–Trinajstić information content (AvgIpc) is 2.76. The maximum atomic E-state index is 4.33. The normalized spacial score (nSPS) is 10.1. The van der Waals surface area contributed by atoms with Gasteiger partial charge in [-0.2, -0.15) is 0 Å². The molecule has 2 aromatic rings. The largest absolute Gasteiger partial charge is 0.264 e. The number of pyridine rings is 1. The van der Waals surface area contributed by atoms with E-state index in [2.05, 4.69) is 26.7 Å². The van der Waals surface area contributed by atoms with Crippen LogP contribution in [0, 0.1) is 0 Å². The van der Waals surface area contributed by atoms with Gasteiger partial charge in [-0.05, 0) is 12.1 Å².